The van der Waals surface area contributed by atoms with Gasteiger partial charge in [0.1, 0.15) is 6.10 Å². The van der Waals surface area contributed by atoms with E-state index in [1.807, 2.05) is 30.6 Å². The summed E-state index contributed by atoms with van der Waals surface area (Å²) in [5.74, 6) is 0. The maximum atomic E-state index is 5.71. The molecule has 0 bridgehead atoms. The van der Waals surface area contributed by atoms with Crippen molar-refractivity contribution in [1.82, 2.24) is 0 Å². The summed E-state index contributed by atoms with van der Waals surface area (Å²) in [6.45, 7) is 6.48. The summed E-state index contributed by atoms with van der Waals surface area (Å²) < 4.78 is 11.0. The molecule has 0 aromatic rings. The molecular formula is C11H18O2Si. The quantitative estimate of drug-likeness (QED) is 0.527. The van der Waals surface area contributed by atoms with Crippen LogP contribution >= 0.6 is 0 Å². The normalized spacial score (nSPS) is 24.3. The van der Waals surface area contributed by atoms with Crippen LogP contribution in [0.1, 0.15) is 0 Å². The second kappa shape index (κ2) is 4.62. The average Bonchev–Trinajstić information content (AvgIpc) is 2.14. The zero-order chi connectivity index (χ0) is 10.6. The Kier molecular flexibility index (Phi) is 3.72. The summed E-state index contributed by atoms with van der Waals surface area (Å²) in [7, 11) is 0.231. The van der Waals surface area contributed by atoms with Crippen molar-refractivity contribution in [1.29, 1.82) is 0 Å². The van der Waals surface area contributed by atoms with Gasteiger partial charge >= 0.3 is 0 Å². The Morgan fingerprint density at radius 1 is 1.29 bits per heavy atom. The highest BCUT2D eigenvalue weighted by atomic mass is 28.4. The van der Waals surface area contributed by atoms with Crippen molar-refractivity contribution in [3.63, 3.8) is 0 Å². The first-order chi connectivity index (χ1) is 6.53. The number of rotatable bonds is 3. The summed E-state index contributed by atoms with van der Waals surface area (Å²) in [5.41, 5.74) is 1.08. The molecule has 0 aliphatic heterocycles. The molecule has 0 N–H and O–H groups in total. The van der Waals surface area contributed by atoms with E-state index in [0.717, 1.165) is 5.57 Å². The minimum atomic E-state index is -1.47. The van der Waals surface area contributed by atoms with E-state index < -0.39 is 8.32 Å². The molecule has 0 radical (unpaired) electrons. The van der Waals surface area contributed by atoms with Crippen molar-refractivity contribution in [2.75, 3.05) is 7.11 Å². The Bertz CT molecular complexity index is 272. The third-order valence-corrected chi connectivity index (χ3v) is 2.64. The van der Waals surface area contributed by atoms with Crippen molar-refractivity contribution < 1.29 is 9.16 Å². The van der Waals surface area contributed by atoms with Crippen molar-refractivity contribution >= 4 is 8.32 Å². The van der Waals surface area contributed by atoms with E-state index in [9.17, 15) is 0 Å². The Hall–Kier alpha value is -0.803. The Morgan fingerprint density at radius 2 is 2.00 bits per heavy atom. The molecule has 2 nitrogen and oxygen atoms in total. The fraction of sp³-hybridized carbons (Fsp3) is 0.455. The molecule has 1 unspecified atom stereocenters. The number of ether oxygens (including phenoxy) is 1. The van der Waals surface area contributed by atoms with Crippen LogP contribution in [0.15, 0.2) is 36.1 Å². The summed E-state index contributed by atoms with van der Waals surface area (Å²) in [4.78, 5) is 0. The van der Waals surface area contributed by atoms with Gasteiger partial charge in [-0.25, -0.2) is 0 Å². The fourth-order valence-electron chi connectivity index (χ4n) is 1.10. The lowest BCUT2D eigenvalue weighted by molar-refractivity contribution is 0.168. The van der Waals surface area contributed by atoms with Crippen LogP contribution < -0.4 is 0 Å². The van der Waals surface area contributed by atoms with Crippen LogP contribution in [0.3, 0.4) is 0 Å². The van der Waals surface area contributed by atoms with Gasteiger partial charge in [0.15, 0.2) is 0 Å². The van der Waals surface area contributed by atoms with Crippen LogP contribution in [0.5, 0.6) is 0 Å². The Balaban J connectivity index is 2.66. The van der Waals surface area contributed by atoms with E-state index in [0.29, 0.717) is 0 Å². The average molecular weight is 210 g/mol. The van der Waals surface area contributed by atoms with Crippen molar-refractivity contribution in [3.8, 4) is 0 Å². The topological polar surface area (TPSA) is 18.5 Å². The van der Waals surface area contributed by atoms with Gasteiger partial charge in [-0.2, -0.15) is 0 Å². The van der Waals surface area contributed by atoms with Gasteiger partial charge in [-0.3, -0.25) is 0 Å². The SMILES string of the molecule is COC1C=CC=C/C1=C\O[Si](C)(C)C. The van der Waals surface area contributed by atoms with E-state index in [1.165, 1.54) is 0 Å². The van der Waals surface area contributed by atoms with Gasteiger partial charge < -0.3 is 9.16 Å². The molecule has 0 spiro atoms. The van der Waals surface area contributed by atoms with Gasteiger partial charge in [0.05, 0.1) is 6.26 Å². The molecule has 0 heterocycles. The van der Waals surface area contributed by atoms with Gasteiger partial charge in [-0.05, 0) is 19.6 Å². The first-order valence-corrected chi connectivity index (χ1v) is 8.19. The van der Waals surface area contributed by atoms with E-state index in [1.54, 1.807) is 7.11 Å². The summed E-state index contributed by atoms with van der Waals surface area (Å²) in [5, 5.41) is 0. The van der Waals surface area contributed by atoms with Crippen LogP contribution in [0.25, 0.3) is 0 Å². The second-order valence-electron chi connectivity index (χ2n) is 4.25. The van der Waals surface area contributed by atoms with Crippen molar-refractivity contribution in [2.45, 2.75) is 25.7 Å². The van der Waals surface area contributed by atoms with E-state index >= 15 is 0 Å². The fourth-order valence-corrected chi connectivity index (χ4v) is 1.59. The predicted molar refractivity (Wildman–Crippen MR) is 61.6 cm³/mol. The summed E-state index contributed by atoms with van der Waals surface area (Å²) in [6, 6.07) is 0. The van der Waals surface area contributed by atoms with Crippen molar-refractivity contribution in [2.24, 2.45) is 0 Å². The van der Waals surface area contributed by atoms with Gasteiger partial charge in [0.25, 0.3) is 0 Å². The smallest absolute Gasteiger partial charge is 0.241 e. The molecule has 0 saturated carbocycles. The highest BCUT2D eigenvalue weighted by Gasteiger charge is 2.16. The lowest BCUT2D eigenvalue weighted by Gasteiger charge is -2.19. The molecule has 0 saturated heterocycles. The van der Waals surface area contributed by atoms with E-state index in [4.69, 9.17) is 9.16 Å². The Labute approximate surface area is 87.0 Å². The molecule has 0 amide bonds. The highest BCUT2D eigenvalue weighted by molar-refractivity contribution is 6.69. The second-order valence-corrected chi connectivity index (χ2v) is 8.71. The molecular weight excluding hydrogens is 192 g/mol. The zero-order valence-electron chi connectivity index (χ0n) is 9.28. The molecule has 1 atom stereocenters. The molecule has 3 heteroatoms. The molecule has 0 aromatic heterocycles. The van der Waals surface area contributed by atoms with Gasteiger partial charge in [0, 0.05) is 12.7 Å². The number of allylic oxidation sites excluding steroid dienone is 2. The standard InChI is InChI=1S/C11H18O2Si/c1-12-11-8-6-5-7-10(11)9-13-14(2,3)4/h5-9,11H,1-4H3/b10-9+. The Morgan fingerprint density at radius 3 is 2.57 bits per heavy atom. The summed E-state index contributed by atoms with van der Waals surface area (Å²) >= 11 is 0. The van der Waals surface area contributed by atoms with Gasteiger partial charge in [0.2, 0.25) is 8.32 Å². The molecule has 1 rings (SSSR count). The first-order valence-electron chi connectivity index (χ1n) is 4.78. The molecule has 1 aliphatic rings. The van der Waals surface area contributed by atoms with Crippen LogP contribution in [0, 0.1) is 0 Å². The lowest BCUT2D eigenvalue weighted by Crippen LogP contribution is -2.23. The third-order valence-electron chi connectivity index (χ3n) is 1.82. The minimum absolute atomic E-state index is 0.0383. The maximum Gasteiger partial charge on any atom is 0.241 e. The van der Waals surface area contributed by atoms with Gasteiger partial charge in [-0.15, -0.1) is 0 Å². The molecule has 0 aromatic carbocycles. The van der Waals surface area contributed by atoms with Gasteiger partial charge in [-0.1, -0.05) is 24.3 Å². The van der Waals surface area contributed by atoms with E-state index in [2.05, 4.69) is 19.6 Å². The molecule has 0 fully saturated rings. The molecule has 78 valence electrons. The number of methoxy groups -OCH3 is 1. The predicted octanol–water partition coefficient (Wildman–Crippen LogP) is 2.86. The third kappa shape index (κ3) is 3.52. The molecule has 1 aliphatic carbocycles. The highest BCUT2D eigenvalue weighted by Crippen LogP contribution is 2.16. The van der Waals surface area contributed by atoms with Crippen molar-refractivity contribution in [3.05, 3.63) is 36.1 Å². The first kappa shape index (κ1) is 11.3. The van der Waals surface area contributed by atoms with Crippen LogP contribution in [-0.2, 0) is 9.16 Å². The monoisotopic (exact) mass is 210 g/mol. The van der Waals surface area contributed by atoms with Crippen LogP contribution in [0.4, 0.5) is 0 Å². The largest absolute Gasteiger partial charge is 0.549 e. The maximum absolute atomic E-state index is 5.71. The zero-order valence-corrected chi connectivity index (χ0v) is 10.3. The van der Waals surface area contributed by atoms with Crippen LogP contribution in [0.2, 0.25) is 19.6 Å². The number of hydrogen-bond acceptors (Lipinski definition) is 2. The lowest BCUT2D eigenvalue weighted by atomic mass is 10.1. The number of hydrogen-bond donors (Lipinski definition) is 0. The van der Waals surface area contributed by atoms with Crippen LogP contribution in [-0.4, -0.2) is 21.5 Å². The summed E-state index contributed by atoms with van der Waals surface area (Å²) in [6.07, 6.45) is 9.89. The minimum Gasteiger partial charge on any atom is -0.549 e. The molecule has 14 heavy (non-hydrogen) atoms. The van der Waals surface area contributed by atoms with E-state index in [-0.39, 0.29) is 6.10 Å².